The first-order chi connectivity index (χ1) is 14.1. The molecule has 4 aromatic rings. The molecule has 144 valence electrons. The van der Waals surface area contributed by atoms with E-state index in [2.05, 4.69) is 4.98 Å². The normalized spacial score (nSPS) is 13.4. The molecule has 0 radical (unpaired) electrons. The number of carbonyl (C=O) groups excluding carboxylic acids is 1. The van der Waals surface area contributed by atoms with Gasteiger partial charge in [-0.1, -0.05) is 12.1 Å². The number of fused-ring (bicyclic) bond motifs is 2. The summed E-state index contributed by atoms with van der Waals surface area (Å²) >= 11 is 1.38. The molecule has 0 atom stereocenters. The van der Waals surface area contributed by atoms with Gasteiger partial charge in [-0.05, 0) is 47.5 Å². The highest BCUT2D eigenvalue weighted by atomic mass is 32.1. The number of thiophene rings is 1. The van der Waals surface area contributed by atoms with E-state index in [9.17, 15) is 14.7 Å². The van der Waals surface area contributed by atoms with Crippen molar-refractivity contribution in [2.24, 2.45) is 0 Å². The van der Waals surface area contributed by atoms with Crippen molar-refractivity contribution in [2.45, 2.75) is 6.42 Å². The number of ether oxygens (including phenoxy) is 1. The lowest BCUT2D eigenvalue weighted by Gasteiger charge is -2.30. The quantitative estimate of drug-likeness (QED) is 0.529. The van der Waals surface area contributed by atoms with E-state index in [1.54, 1.807) is 36.5 Å². The van der Waals surface area contributed by atoms with E-state index in [1.165, 1.54) is 11.3 Å². The maximum absolute atomic E-state index is 12.5. The predicted molar refractivity (Wildman–Crippen MR) is 111 cm³/mol. The molecular formula is C22H16N2O4S. The molecule has 0 spiro atoms. The van der Waals surface area contributed by atoms with Crippen LogP contribution in [0, 0.1) is 0 Å². The molecule has 5 rings (SSSR count). The number of aromatic nitrogens is 1. The van der Waals surface area contributed by atoms with Gasteiger partial charge in [0.15, 0.2) is 0 Å². The van der Waals surface area contributed by atoms with E-state index in [0.717, 1.165) is 35.1 Å². The van der Waals surface area contributed by atoms with Gasteiger partial charge in [-0.15, -0.1) is 11.3 Å². The first-order valence-corrected chi connectivity index (χ1v) is 10.0. The van der Waals surface area contributed by atoms with Crippen molar-refractivity contribution in [3.63, 3.8) is 0 Å². The Hall–Kier alpha value is -3.45. The van der Waals surface area contributed by atoms with Crippen LogP contribution in [0.5, 0.6) is 11.5 Å². The van der Waals surface area contributed by atoms with Gasteiger partial charge in [0.2, 0.25) is 0 Å². The first kappa shape index (κ1) is 17.6. The highest BCUT2D eigenvalue weighted by molar-refractivity contribution is 7.21. The Morgan fingerprint density at radius 1 is 1.10 bits per heavy atom. The molecule has 7 heteroatoms. The van der Waals surface area contributed by atoms with Crippen LogP contribution in [-0.2, 0) is 0 Å². The summed E-state index contributed by atoms with van der Waals surface area (Å²) in [7, 11) is 0. The van der Waals surface area contributed by atoms with Crippen LogP contribution in [0.2, 0.25) is 0 Å². The Balaban J connectivity index is 1.50. The van der Waals surface area contributed by atoms with Crippen molar-refractivity contribution in [2.75, 3.05) is 13.1 Å². The number of likely N-dealkylation sites (tertiary alicyclic amines) is 1. The highest BCUT2D eigenvalue weighted by Crippen LogP contribution is 2.36. The van der Waals surface area contributed by atoms with Crippen LogP contribution < -0.4 is 4.74 Å². The fourth-order valence-electron chi connectivity index (χ4n) is 3.41. The molecule has 0 aliphatic carbocycles. The monoisotopic (exact) mass is 404 g/mol. The second-order valence-corrected chi connectivity index (χ2v) is 7.93. The molecule has 1 aliphatic rings. The number of rotatable bonds is 4. The summed E-state index contributed by atoms with van der Waals surface area (Å²) in [6.45, 7) is 1.61. The summed E-state index contributed by atoms with van der Waals surface area (Å²) in [5, 5.41) is 10.8. The fraction of sp³-hybridized carbons (Fsp3) is 0.136. The summed E-state index contributed by atoms with van der Waals surface area (Å²) in [5.41, 5.74) is 0.984. The molecular weight excluding hydrogens is 388 g/mol. The maximum Gasteiger partial charge on any atom is 0.336 e. The molecule has 0 bridgehead atoms. The number of amides is 1. The topological polar surface area (TPSA) is 79.7 Å². The van der Waals surface area contributed by atoms with Gasteiger partial charge in [-0.25, -0.2) is 4.79 Å². The van der Waals surface area contributed by atoms with Crippen molar-refractivity contribution in [3.05, 3.63) is 65.2 Å². The lowest BCUT2D eigenvalue weighted by Crippen LogP contribution is -2.41. The van der Waals surface area contributed by atoms with Gasteiger partial charge in [0, 0.05) is 25.4 Å². The van der Waals surface area contributed by atoms with Crippen molar-refractivity contribution in [1.82, 2.24) is 9.88 Å². The Kier molecular flexibility index (Phi) is 4.17. The Bertz CT molecular complexity index is 1280. The molecule has 1 aliphatic heterocycles. The van der Waals surface area contributed by atoms with Gasteiger partial charge in [0.25, 0.3) is 5.91 Å². The van der Waals surface area contributed by atoms with Crippen molar-refractivity contribution < 1.29 is 19.4 Å². The minimum Gasteiger partial charge on any atom is -0.478 e. The third-order valence-corrected chi connectivity index (χ3v) is 6.17. The fourth-order valence-corrected chi connectivity index (χ4v) is 4.45. The molecule has 0 unspecified atom stereocenters. The molecule has 2 aromatic heterocycles. The maximum atomic E-state index is 12.5. The van der Waals surface area contributed by atoms with Crippen LogP contribution in [0.15, 0.2) is 54.7 Å². The van der Waals surface area contributed by atoms with Crippen LogP contribution in [0.25, 0.3) is 21.0 Å². The number of nitrogens with zero attached hydrogens (tertiary/aromatic N) is 2. The molecule has 1 N–H and O–H groups in total. The van der Waals surface area contributed by atoms with Crippen LogP contribution in [0.1, 0.15) is 26.5 Å². The molecule has 0 saturated carbocycles. The highest BCUT2D eigenvalue weighted by Gasteiger charge is 2.24. The average molecular weight is 404 g/mol. The minimum atomic E-state index is -0.960. The number of hydrogen-bond donors (Lipinski definition) is 1. The third-order valence-electron chi connectivity index (χ3n) is 5.04. The number of carbonyl (C=O) groups is 2. The van der Waals surface area contributed by atoms with Gasteiger partial charge in [0.1, 0.15) is 11.5 Å². The number of carboxylic acid groups (broad SMARTS) is 1. The zero-order valence-corrected chi connectivity index (χ0v) is 16.1. The van der Waals surface area contributed by atoms with Crippen molar-refractivity contribution >= 4 is 44.2 Å². The van der Waals surface area contributed by atoms with Crippen LogP contribution in [0.4, 0.5) is 0 Å². The van der Waals surface area contributed by atoms with E-state index >= 15 is 0 Å². The van der Waals surface area contributed by atoms with Gasteiger partial charge in [0.05, 0.1) is 20.7 Å². The summed E-state index contributed by atoms with van der Waals surface area (Å²) in [5.74, 6) is 0.295. The van der Waals surface area contributed by atoms with E-state index in [1.807, 2.05) is 23.1 Å². The largest absolute Gasteiger partial charge is 0.478 e. The molecule has 1 saturated heterocycles. The van der Waals surface area contributed by atoms with E-state index in [-0.39, 0.29) is 11.5 Å². The van der Waals surface area contributed by atoms with Crippen molar-refractivity contribution in [1.29, 1.82) is 0 Å². The van der Waals surface area contributed by atoms with E-state index in [0.29, 0.717) is 21.8 Å². The van der Waals surface area contributed by atoms with Gasteiger partial charge >= 0.3 is 5.97 Å². The zero-order chi connectivity index (χ0) is 20.0. The summed E-state index contributed by atoms with van der Waals surface area (Å²) in [4.78, 5) is 30.8. The summed E-state index contributed by atoms with van der Waals surface area (Å²) in [6.07, 6.45) is 2.71. The predicted octanol–water partition coefficient (Wildman–Crippen LogP) is 4.79. The number of pyridine rings is 1. The summed E-state index contributed by atoms with van der Waals surface area (Å²) in [6, 6.07) is 14.1. The van der Waals surface area contributed by atoms with Gasteiger partial charge < -0.3 is 14.7 Å². The molecule has 1 amide bonds. The summed E-state index contributed by atoms with van der Waals surface area (Å²) < 4.78 is 6.91. The number of carboxylic acids is 1. The molecule has 6 nitrogen and oxygen atoms in total. The van der Waals surface area contributed by atoms with Crippen LogP contribution in [-0.4, -0.2) is 40.0 Å². The second kappa shape index (κ2) is 6.86. The molecule has 3 heterocycles. The van der Waals surface area contributed by atoms with Gasteiger partial charge in [-0.3, -0.25) is 9.78 Å². The number of hydrogen-bond acceptors (Lipinski definition) is 5. The average Bonchev–Trinajstić information content (AvgIpc) is 3.11. The van der Waals surface area contributed by atoms with E-state index in [4.69, 9.17) is 4.74 Å². The SMILES string of the molecule is O=C(O)c1cccc2cc(Oc3ccnc4cc(C(=O)N5CCC5)sc34)ccc12. The standard InChI is InChI=1S/C22H16N2O4S/c25-21(24-9-2-10-24)19-12-17-20(29-19)18(7-8-23-17)28-14-5-6-15-13(11-14)3-1-4-16(15)22(26)27/h1,3-8,11-12H,2,9-10H2,(H,26,27). The second-order valence-electron chi connectivity index (χ2n) is 6.88. The molecule has 29 heavy (non-hydrogen) atoms. The minimum absolute atomic E-state index is 0.0390. The third kappa shape index (κ3) is 3.09. The number of benzene rings is 2. The number of aromatic carboxylic acids is 1. The Morgan fingerprint density at radius 3 is 2.72 bits per heavy atom. The van der Waals surface area contributed by atoms with E-state index < -0.39 is 5.97 Å². The molecule has 2 aromatic carbocycles. The Labute approximate surface area is 170 Å². The Morgan fingerprint density at radius 2 is 1.97 bits per heavy atom. The van der Waals surface area contributed by atoms with Gasteiger partial charge in [-0.2, -0.15) is 0 Å². The lowest BCUT2D eigenvalue weighted by molar-refractivity contribution is 0.0655. The van der Waals surface area contributed by atoms with Crippen LogP contribution in [0.3, 0.4) is 0 Å². The lowest BCUT2D eigenvalue weighted by atomic mass is 10.0. The smallest absolute Gasteiger partial charge is 0.336 e. The zero-order valence-electron chi connectivity index (χ0n) is 15.3. The van der Waals surface area contributed by atoms with Crippen LogP contribution >= 0.6 is 11.3 Å². The molecule has 1 fully saturated rings. The van der Waals surface area contributed by atoms with Crippen molar-refractivity contribution in [3.8, 4) is 11.5 Å². The first-order valence-electron chi connectivity index (χ1n) is 9.22.